The summed E-state index contributed by atoms with van der Waals surface area (Å²) in [7, 11) is -3.67. The van der Waals surface area contributed by atoms with Crippen molar-refractivity contribution in [3.8, 4) is 11.5 Å². The second kappa shape index (κ2) is 9.92. The number of fused-ring (bicyclic) bond motifs is 1. The van der Waals surface area contributed by atoms with Crippen LogP contribution in [0.5, 0.6) is 11.5 Å². The van der Waals surface area contributed by atoms with E-state index >= 15 is 0 Å². The van der Waals surface area contributed by atoms with Crippen LogP contribution >= 0.6 is 7.75 Å². The number of benzene rings is 1. The molecule has 1 aliphatic heterocycles. The number of carboxylic acid groups (broad SMARTS) is 1. The second-order valence-electron chi connectivity index (χ2n) is 5.85. The summed E-state index contributed by atoms with van der Waals surface area (Å²) in [5.41, 5.74) is 0.919. The van der Waals surface area contributed by atoms with Crippen LogP contribution in [0, 0.1) is 0 Å². The minimum absolute atomic E-state index is 0.189. The van der Waals surface area contributed by atoms with Gasteiger partial charge >= 0.3 is 13.7 Å². The van der Waals surface area contributed by atoms with Crippen molar-refractivity contribution in [2.45, 2.75) is 33.1 Å². The molecular weight excluding hydrogens is 361 g/mol. The third-order valence-electron chi connectivity index (χ3n) is 3.68. The first-order valence-corrected chi connectivity index (χ1v) is 10.2. The Balaban J connectivity index is 2.10. The fourth-order valence-electron chi connectivity index (χ4n) is 2.41. The fourth-order valence-corrected chi connectivity index (χ4v) is 4.28. The topological polar surface area (TPSA) is 94.5 Å². The Hall–Kier alpha value is -1.60. The monoisotopic (exact) mass is 387 g/mol. The van der Waals surface area contributed by atoms with E-state index in [2.05, 4.69) is 0 Å². The number of nitrogens with zero attached hydrogens (tertiary/aromatic N) is 1. The first-order valence-electron chi connectivity index (χ1n) is 8.73. The minimum atomic E-state index is -3.67. The predicted octanol–water partition coefficient (Wildman–Crippen LogP) is 3.31. The van der Waals surface area contributed by atoms with Crippen molar-refractivity contribution in [3.05, 3.63) is 23.8 Å². The number of ether oxygens (including phenoxy) is 2. The Morgan fingerprint density at radius 2 is 1.85 bits per heavy atom. The fraction of sp³-hybridized carbons (Fsp3) is 0.588. The lowest BCUT2D eigenvalue weighted by atomic mass is 10.1. The van der Waals surface area contributed by atoms with E-state index in [4.69, 9.17) is 18.5 Å². The van der Waals surface area contributed by atoms with Crippen LogP contribution in [0.4, 0.5) is 0 Å². The van der Waals surface area contributed by atoms with Gasteiger partial charge in [-0.05, 0) is 37.0 Å². The highest BCUT2D eigenvalue weighted by Gasteiger charge is 2.34. The zero-order chi connectivity index (χ0) is 19.0. The number of carbonyl (C=O) groups is 1. The summed E-state index contributed by atoms with van der Waals surface area (Å²) in [5.74, 6) is 0.246. The van der Waals surface area contributed by atoms with Gasteiger partial charge in [-0.25, -0.2) is 4.57 Å². The second-order valence-corrected chi connectivity index (χ2v) is 7.87. The van der Waals surface area contributed by atoms with Crippen LogP contribution in [0.3, 0.4) is 0 Å². The first-order chi connectivity index (χ1) is 12.5. The van der Waals surface area contributed by atoms with Crippen LogP contribution in [0.2, 0.25) is 0 Å². The van der Waals surface area contributed by atoms with Gasteiger partial charge in [-0.1, -0.05) is 19.9 Å². The molecule has 0 amide bonds. The molecule has 1 aliphatic rings. The zero-order valence-corrected chi connectivity index (χ0v) is 16.1. The van der Waals surface area contributed by atoms with E-state index in [-0.39, 0.29) is 26.6 Å². The molecule has 0 fully saturated rings. The van der Waals surface area contributed by atoms with E-state index in [1.54, 1.807) is 6.07 Å². The van der Waals surface area contributed by atoms with Crippen LogP contribution in [0.25, 0.3) is 0 Å². The Kier molecular flexibility index (Phi) is 7.90. The van der Waals surface area contributed by atoms with Crippen molar-refractivity contribution in [1.82, 2.24) is 4.67 Å². The van der Waals surface area contributed by atoms with Gasteiger partial charge in [-0.15, -0.1) is 0 Å². The van der Waals surface area contributed by atoms with Gasteiger partial charge in [0.25, 0.3) is 0 Å². The molecule has 9 heteroatoms. The van der Waals surface area contributed by atoms with Gasteiger partial charge in [-0.2, -0.15) is 4.67 Å². The van der Waals surface area contributed by atoms with E-state index in [0.717, 1.165) is 5.56 Å². The SMILES string of the molecule is CCCOP(=O)(OCCC)N(CCc1ccc2c(c1)OCO2)CC(=O)O. The van der Waals surface area contributed by atoms with E-state index in [1.165, 1.54) is 4.67 Å². The van der Waals surface area contributed by atoms with Gasteiger partial charge in [0.2, 0.25) is 6.79 Å². The number of carboxylic acids is 1. The molecule has 8 nitrogen and oxygen atoms in total. The molecule has 0 saturated carbocycles. The molecule has 0 aromatic heterocycles. The molecule has 0 radical (unpaired) electrons. The molecule has 0 atom stereocenters. The maximum atomic E-state index is 13.1. The number of aliphatic carboxylic acids is 1. The lowest BCUT2D eigenvalue weighted by molar-refractivity contribution is -0.137. The first kappa shape index (κ1) is 20.7. The summed E-state index contributed by atoms with van der Waals surface area (Å²) in [6, 6.07) is 5.52. The molecule has 26 heavy (non-hydrogen) atoms. The Bertz CT molecular complexity index is 640. The highest BCUT2D eigenvalue weighted by atomic mass is 31.2. The average Bonchev–Trinajstić information content (AvgIpc) is 3.09. The lowest BCUT2D eigenvalue weighted by Gasteiger charge is -2.29. The maximum absolute atomic E-state index is 13.1. The molecule has 0 bridgehead atoms. The van der Waals surface area contributed by atoms with E-state index in [0.29, 0.717) is 30.8 Å². The Morgan fingerprint density at radius 1 is 1.19 bits per heavy atom. The van der Waals surface area contributed by atoms with Gasteiger partial charge in [0.15, 0.2) is 11.5 Å². The number of hydrogen-bond acceptors (Lipinski definition) is 6. The molecule has 146 valence electrons. The Morgan fingerprint density at radius 3 is 2.46 bits per heavy atom. The molecule has 0 spiro atoms. The number of rotatable bonds is 12. The lowest BCUT2D eigenvalue weighted by Crippen LogP contribution is -2.31. The summed E-state index contributed by atoms with van der Waals surface area (Å²) in [5, 5.41) is 9.21. The van der Waals surface area contributed by atoms with Gasteiger partial charge in [0, 0.05) is 6.54 Å². The van der Waals surface area contributed by atoms with E-state index < -0.39 is 20.3 Å². The van der Waals surface area contributed by atoms with Gasteiger partial charge in [0.1, 0.15) is 6.54 Å². The molecule has 1 aromatic carbocycles. The van der Waals surface area contributed by atoms with Crippen molar-refractivity contribution in [3.63, 3.8) is 0 Å². The predicted molar refractivity (Wildman–Crippen MR) is 95.6 cm³/mol. The number of hydrogen-bond donors (Lipinski definition) is 1. The highest BCUT2D eigenvalue weighted by Crippen LogP contribution is 2.52. The van der Waals surface area contributed by atoms with Crippen molar-refractivity contribution >= 4 is 13.7 Å². The van der Waals surface area contributed by atoms with Crippen LogP contribution in [0.1, 0.15) is 32.3 Å². The third-order valence-corrected chi connectivity index (χ3v) is 5.73. The van der Waals surface area contributed by atoms with Crippen LogP contribution in [0.15, 0.2) is 18.2 Å². The molecule has 0 saturated heterocycles. The molecule has 0 unspecified atom stereocenters. The Labute approximate surface area is 153 Å². The quantitative estimate of drug-likeness (QED) is 0.546. The molecular formula is C17H26NO7P. The molecule has 2 rings (SSSR count). The largest absolute Gasteiger partial charge is 0.480 e. The van der Waals surface area contributed by atoms with Gasteiger partial charge in [0.05, 0.1) is 13.2 Å². The summed E-state index contributed by atoms with van der Waals surface area (Å²) < 4.78 is 36.0. The van der Waals surface area contributed by atoms with Crippen molar-refractivity contribution in [1.29, 1.82) is 0 Å². The summed E-state index contributed by atoms with van der Waals surface area (Å²) in [6.07, 6.45) is 1.78. The molecule has 0 aliphatic carbocycles. The van der Waals surface area contributed by atoms with Gasteiger partial charge < -0.3 is 14.6 Å². The minimum Gasteiger partial charge on any atom is -0.480 e. The highest BCUT2D eigenvalue weighted by molar-refractivity contribution is 7.51. The van der Waals surface area contributed by atoms with Crippen molar-refractivity contribution in [2.75, 3.05) is 33.1 Å². The summed E-state index contributed by atoms with van der Waals surface area (Å²) in [6.45, 7) is 4.24. The molecule has 1 heterocycles. The normalized spacial score (nSPS) is 13.3. The van der Waals surface area contributed by atoms with E-state index in [9.17, 15) is 14.5 Å². The van der Waals surface area contributed by atoms with E-state index in [1.807, 2.05) is 26.0 Å². The summed E-state index contributed by atoms with van der Waals surface area (Å²) in [4.78, 5) is 11.3. The van der Waals surface area contributed by atoms with Crippen molar-refractivity contribution < 1.29 is 33.0 Å². The smallest absolute Gasteiger partial charge is 0.408 e. The zero-order valence-electron chi connectivity index (χ0n) is 15.2. The van der Waals surface area contributed by atoms with Gasteiger partial charge in [-0.3, -0.25) is 13.8 Å². The third kappa shape index (κ3) is 5.71. The average molecular weight is 387 g/mol. The standard InChI is InChI=1S/C17H26NO7P/c1-3-9-24-26(21,25-10-4-2)18(12-17(19)20)8-7-14-5-6-15-16(11-14)23-13-22-15/h5-6,11H,3-4,7-10,12-13H2,1-2H3,(H,19,20). The maximum Gasteiger partial charge on any atom is 0.408 e. The van der Waals surface area contributed by atoms with Crippen LogP contribution < -0.4 is 9.47 Å². The molecule has 1 aromatic rings. The van der Waals surface area contributed by atoms with Crippen LogP contribution in [-0.4, -0.2) is 48.8 Å². The molecule has 1 N–H and O–H groups in total. The van der Waals surface area contributed by atoms with Crippen LogP contribution in [-0.2, 0) is 24.8 Å². The van der Waals surface area contributed by atoms with Crippen molar-refractivity contribution in [2.24, 2.45) is 0 Å². The summed E-state index contributed by atoms with van der Waals surface area (Å²) >= 11 is 0.